The van der Waals surface area contributed by atoms with Crippen LogP contribution in [0, 0.1) is 0 Å². The van der Waals surface area contributed by atoms with Crippen molar-refractivity contribution in [3.05, 3.63) is 30.3 Å². The summed E-state index contributed by atoms with van der Waals surface area (Å²) in [5.74, 6) is 0. The first-order valence-corrected chi connectivity index (χ1v) is 4.87. The number of hydrogen-bond acceptors (Lipinski definition) is 2. The van der Waals surface area contributed by atoms with Gasteiger partial charge >= 0.3 is 12.1 Å². The number of rotatable bonds is 4. The van der Waals surface area contributed by atoms with Crippen LogP contribution >= 0.6 is 0 Å². The number of nitrogens with zero attached hydrogens (tertiary/aromatic N) is 2. The minimum Gasteiger partial charge on any atom is -0.297 e. The van der Waals surface area contributed by atoms with Crippen molar-refractivity contribution < 1.29 is 22.8 Å². The Morgan fingerprint density at radius 3 is 2.33 bits per heavy atom. The maximum atomic E-state index is 13.0. The molecule has 0 heterocycles. The number of amides is 2. The Balaban J connectivity index is 2.95. The average molecular weight is 259 g/mol. The van der Waals surface area contributed by atoms with Crippen molar-refractivity contribution in [2.75, 3.05) is 18.7 Å². The number of carbonyl (C=O) groups is 1. The lowest BCUT2D eigenvalue weighted by Gasteiger charge is -2.28. The summed E-state index contributed by atoms with van der Waals surface area (Å²) in [7, 11) is 1.20. The van der Waals surface area contributed by atoms with Crippen LogP contribution in [0.5, 0.6) is 0 Å². The summed E-state index contributed by atoms with van der Waals surface area (Å²) < 4.78 is 38.4. The molecule has 18 heavy (non-hydrogen) atoms. The zero-order valence-corrected chi connectivity index (χ0v) is 9.44. The Labute approximate surface area is 102 Å². The molecule has 4 nitrogen and oxygen atoms in total. The highest BCUT2D eigenvalue weighted by Gasteiger charge is 2.43. The third-order valence-corrected chi connectivity index (χ3v) is 2.24. The highest BCUT2D eigenvalue weighted by atomic mass is 19.3. The molecule has 0 bridgehead atoms. The number of anilines is 1. The van der Waals surface area contributed by atoms with Crippen LogP contribution in [0.25, 0.3) is 0 Å². The van der Waals surface area contributed by atoms with E-state index in [2.05, 4.69) is 0 Å². The maximum Gasteiger partial charge on any atom is 0.398 e. The first-order chi connectivity index (χ1) is 8.44. The summed E-state index contributed by atoms with van der Waals surface area (Å²) in [6, 6.07) is 2.18. The number of halogens is 3. The summed E-state index contributed by atoms with van der Waals surface area (Å²) in [5.41, 5.74) is 0.294. The third-order valence-electron chi connectivity index (χ3n) is 2.24. The fraction of sp³-hybridized carbons (Fsp3) is 0.273. The molecule has 0 fully saturated rings. The molecule has 1 aromatic carbocycles. The van der Waals surface area contributed by atoms with Crippen LogP contribution in [0.2, 0.25) is 0 Å². The summed E-state index contributed by atoms with van der Waals surface area (Å²) in [5, 5.41) is 0. The topological polar surface area (TPSA) is 40.6 Å². The van der Waals surface area contributed by atoms with Crippen LogP contribution in [0.1, 0.15) is 0 Å². The van der Waals surface area contributed by atoms with Crippen molar-refractivity contribution in [2.24, 2.45) is 0 Å². The molecule has 0 aromatic heterocycles. The zero-order valence-electron chi connectivity index (χ0n) is 9.44. The lowest BCUT2D eigenvalue weighted by Crippen LogP contribution is -2.51. The molecule has 2 amide bonds. The SMILES string of the molecule is CN(C(=O)N(CF)C(F)(F)[C]=O)c1ccccc1. The van der Waals surface area contributed by atoms with Crippen molar-refractivity contribution in [1.82, 2.24) is 4.90 Å². The van der Waals surface area contributed by atoms with Gasteiger partial charge in [0.05, 0.1) is 0 Å². The number of para-hydroxylation sites is 1. The lowest BCUT2D eigenvalue weighted by molar-refractivity contribution is -0.0723. The molecule has 1 rings (SSSR count). The fourth-order valence-electron chi connectivity index (χ4n) is 1.24. The molecule has 0 saturated heterocycles. The normalized spacial score (nSPS) is 10.9. The van der Waals surface area contributed by atoms with Crippen molar-refractivity contribution in [3.8, 4) is 0 Å². The Morgan fingerprint density at radius 1 is 1.33 bits per heavy atom. The predicted octanol–water partition coefficient (Wildman–Crippen LogP) is 2.17. The highest BCUT2D eigenvalue weighted by Crippen LogP contribution is 2.21. The summed E-state index contributed by atoms with van der Waals surface area (Å²) in [6.07, 6.45) is 0.335. The van der Waals surface area contributed by atoms with Crippen LogP contribution in [0.4, 0.5) is 23.7 Å². The highest BCUT2D eigenvalue weighted by molar-refractivity contribution is 5.93. The van der Waals surface area contributed by atoms with Gasteiger partial charge in [0.2, 0.25) is 0 Å². The van der Waals surface area contributed by atoms with Gasteiger partial charge < -0.3 is 0 Å². The maximum absolute atomic E-state index is 13.0. The van der Waals surface area contributed by atoms with Gasteiger partial charge in [-0.05, 0) is 12.1 Å². The molecule has 0 saturated carbocycles. The molecule has 0 spiro atoms. The van der Waals surface area contributed by atoms with Crippen molar-refractivity contribution >= 4 is 18.0 Å². The molecule has 0 atom stereocenters. The first-order valence-electron chi connectivity index (χ1n) is 4.87. The molecule has 0 aliphatic heterocycles. The van der Waals surface area contributed by atoms with Crippen LogP contribution in [0.3, 0.4) is 0 Å². The van der Waals surface area contributed by atoms with Gasteiger partial charge in [0.1, 0.15) is 0 Å². The van der Waals surface area contributed by atoms with Crippen LogP contribution in [-0.2, 0) is 4.79 Å². The van der Waals surface area contributed by atoms with E-state index in [1.54, 1.807) is 18.2 Å². The Hall–Kier alpha value is -2.05. The summed E-state index contributed by atoms with van der Waals surface area (Å²) in [4.78, 5) is 22.0. The van der Waals surface area contributed by atoms with Gasteiger partial charge in [-0.25, -0.2) is 14.1 Å². The van der Waals surface area contributed by atoms with Crippen LogP contribution in [-0.4, -0.2) is 37.1 Å². The molecule has 1 radical (unpaired) electrons. The quantitative estimate of drug-likeness (QED) is 0.777. The molecule has 97 valence electrons. The van der Waals surface area contributed by atoms with E-state index in [1.165, 1.54) is 19.2 Å². The summed E-state index contributed by atoms with van der Waals surface area (Å²) in [6.45, 7) is -1.79. The van der Waals surface area contributed by atoms with E-state index >= 15 is 0 Å². The largest absolute Gasteiger partial charge is 0.398 e. The van der Waals surface area contributed by atoms with Gasteiger partial charge in [-0.3, -0.25) is 9.69 Å². The minimum atomic E-state index is -4.30. The zero-order chi connectivity index (χ0) is 13.8. The second-order valence-corrected chi connectivity index (χ2v) is 3.37. The van der Waals surface area contributed by atoms with Gasteiger partial charge in [-0.2, -0.15) is 8.78 Å². The predicted molar refractivity (Wildman–Crippen MR) is 58.7 cm³/mol. The van der Waals surface area contributed by atoms with Gasteiger partial charge in [0, 0.05) is 12.7 Å². The van der Waals surface area contributed by atoms with E-state index in [0.29, 0.717) is 12.0 Å². The first kappa shape index (κ1) is 14.0. The molecule has 0 N–H and O–H groups in total. The van der Waals surface area contributed by atoms with E-state index in [9.17, 15) is 22.8 Å². The van der Waals surface area contributed by atoms with E-state index in [-0.39, 0.29) is 0 Å². The molecule has 0 unspecified atom stereocenters. The smallest absolute Gasteiger partial charge is 0.297 e. The molecule has 1 aromatic rings. The fourth-order valence-corrected chi connectivity index (χ4v) is 1.24. The molecule has 7 heteroatoms. The van der Waals surface area contributed by atoms with E-state index in [4.69, 9.17) is 0 Å². The van der Waals surface area contributed by atoms with Crippen molar-refractivity contribution in [3.63, 3.8) is 0 Å². The van der Waals surface area contributed by atoms with E-state index in [1.807, 2.05) is 0 Å². The Kier molecular flexibility index (Phi) is 4.30. The Bertz CT molecular complexity index is 426. The van der Waals surface area contributed by atoms with Gasteiger partial charge in [0.25, 0.3) is 6.29 Å². The number of carbonyl (C=O) groups excluding carboxylic acids is 2. The second-order valence-electron chi connectivity index (χ2n) is 3.37. The van der Waals surface area contributed by atoms with Gasteiger partial charge in [-0.15, -0.1) is 0 Å². The monoisotopic (exact) mass is 259 g/mol. The van der Waals surface area contributed by atoms with Gasteiger partial charge in [0.15, 0.2) is 6.80 Å². The van der Waals surface area contributed by atoms with Crippen LogP contribution in [0.15, 0.2) is 30.3 Å². The second kappa shape index (κ2) is 5.52. The number of benzene rings is 1. The lowest BCUT2D eigenvalue weighted by atomic mass is 10.3. The van der Waals surface area contributed by atoms with Crippen LogP contribution < -0.4 is 4.90 Å². The number of alkyl halides is 3. The standard InChI is InChI=1S/C11H10F3N2O2/c1-15(9-5-3-2-4-6-9)10(18)16(8-12)11(13,14)7-17/h2-6H,8H2,1H3. The number of hydrogen-bond donors (Lipinski definition) is 0. The number of urea groups is 1. The average Bonchev–Trinajstić information content (AvgIpc) is 2.39. The van der Waals surface area contributed by atoms with Gasteiger partial charge in [-0.1, -0.05) is 18.2 Å². The summed E-state index contributed by atoms with van der Waals surface area (Å²) >= 11 is 0. The molecular formula is C11H10F3N2O2. The van der Waals surface area contributed by atoms with E-state index < -0.39 is 23.8 Å². The molecule has 0 aliphatic carbocycles. The third kappa shape index (κ3) is 2.79. The van der Waals surface area contributed by atoms with Crippen molar-refractivity contribution in [2.45, 2.75) is 6.05 Å². The van der Waals surface area contributed by atoms with E-state index in [0.717, 1.165) is 4.90 Å². The molecular weight excluding hydrogens is 249 g/mol. The minimum absolute atomic E-state index is 0.294. The molecule has 0 aliphatic rings. The Morgan fingerprint density at radius 2 is 1.89 bits per heavy atom. The van der Waals surface area contributed by atoms with Crippen molar-refractivity contribution in [1.29, 1.82) is 0 Å².